The zero-order valence-corrected chi connectivity index (χ0v) is 11.1. The Morgan fingerprint density at radius 1 is 1.05 bits per heavy atom. The van der Waals surface area contributed by atoms with Crippen molar-refractivity contribution in [3.63, 3.8) is 0 Å². The molecule has 1 aromatic heterocycles. The van der Waals surface area contributed by atoms with E-state index in [0.717, 1.165) is 16.7 Å². The maximum absolute atomic E-state index is 11.5. The van der Waals surface area contributed by atoms with Gasteiger partial charge in [-0.2, -0.15) is 0 Å². The molecule has 0 aliphatic carbocycles. The third-order valence-electron chi connectivity index (χ3n) is 3.15. The Bertz CT molecular complexity index is 785. The summed E-state index contributed by atoms with van der Waals surface area (Å²) in [6, 6.07) is 16.8. The Morgan fingerprint density at radius 3 is 2.60 bits per heavy atom. The van der Waals surface area contributed by atoms with Crippen LogP contribution in [0.25, 0.3) is 11.0 Å². The molecule has 3 rings (SSSR count). The Labute approximate surface area is 116 Å². The molecule has 0 amide bonds. The summed E-state index contributed by atoms with van der Waals surface area (Å²) in [4.78, 5) is 11.5. The van der Waals surface area contributed by atoms with Crippen molar-refractivity contribution in [1.82, 2.24) is 0 Å². The van der Waals surface area contributed by atoms with Gasteiger partial charge in [0.05, 0.1) is 0 Å². The molecule has 0 aliphatic rings. The highest BCUT2D eigenvalue weighted by atomic mass is 16.5. The lowest BCUT2D eigenvalue weighted by molar-refractivity contribution is 0.306. The van der Waals surface area contributed by atoms with E-state index >= 15 is 0 Å². The normalized spacial score (nSPS) is 10.7. The second-order valence-electron chi connectivity index (χ2n) is 4.69. The van der Waals surface area contributed by atoms with E-state index < -0.39 is 0 Å². The number of fused-ring (bicyclic) bond motifs is 1. The topological polar surface area (TPSA) is 39.4 Å². The van der Waals surface area contributed by atoms with E-state index in [1.54, 1.807) is 6.07 Å². The molecular formula is C17H14O3. The van der Waals surface area contributed by atoms with Crippen LogP contribution in [0.3, 0.4) is 0 Å². The van der Waals surface area contributed by atoms with Crippen molar-refractivity contribution < 1.29 is 9.15 Å². The van der Waals surface area contributed by atoms with Gasteiger partial charge in [0.25, 0.3) is 0 Å². The van der Waals surface area contributed by atoms with Gasteiger partial charge >= 0.3 is 5.63 Å². The minimum atomic E-state index is -0.355. The van der Waals surface area contributed by atoms with Gasteiger partial charge in [-0.05, 0) is 25.1 Å². The van der Waals surface area contributed by atoms with Crippen LogP contribution in [0.5, 0.6) is 5.75 Å². The van der Waals surface area contributed by atoms with Gasteiger partial charge in [0.15, 0.2) is 0 Å². The molecule has 0 bridgehead atoms. The number of hydrogen-bond acceptors (Lipinski definition) is 3. The molecule has 0 N–H and O–H groups in total. The third kappa shape index (κ3) is 2.57. The summed E-state index contributed by atoms with van der Waals surface area (Å²) < 4.78 is 10.9. The summed E-state index contributed by atoms with van der Waals surface area (Å²) in [6.07, 6.45) is 0. The number of ether oxygens (including phenoxy) is 1. The molecular weight excluding hydrogens is 252 g/mol. The maximum atomic E-state index is 11.5. The van der Waals surface area contributed by atoms with Crippen molar-refractivity contribution in [1.29, 1.82) is 0 Å². The van der Waals surface area contributed by atoms with Crippen molar-refractivity contribution in [3.8, 4) is 5.75 Å². The number of aryl methyl sites for hydroxylation is 1. The van der Waals surface area contributed by atoms with E-state index in [1.165, 1.54) is 11.6 Å². The lowest BCUT2D eigenvalue weighted by Gasteiger charge is -2.08. The molecule has 3 heteroatoms. The molecule has 1 heterocycles. The summed E-state index contributed by atoms with van der Waals surface area (Å²) in [5.41, 5.74) is 2.24. The fourth-order valence-corrected chi connectivity index (χ4v) is 2.09. The predicted molar refractivity (Wildman–Crippen MR) is 78.0 cm³/mol. The second-order valence-corrected chi connectivity index (χ2v) is 4.69. The highest BCUT2D eigenvalue weighted by molar-refractivity contribution is 5.79. The van der Waals surface area contributed by atoms with Crippen LogP contribution >= 0.6 is 0 Å². The summed E-state index contributed by atoms with van der Waals surface area (Å²) in [5.74, 6) is 0.785. The van der Waals surface area contributed by atoms with Gasteiger partial charge in [0, 0.05) is 17.0 Å². The Kier molecular flexibility index (Phi) is 3.25. The lowest BCUT2D eigenvalue weighted by atomic mass is 10.1. The van der Waals surface area contributed by atoms with Crippen LogP contribution in [-0.4, -0.2) is 0 Å². The molecule has 0 radical (unpaired) electrons. The smallest absolute Gasteiger partial charge is 0.336 e. The van der Waals surface area contributed by atoms with Crippen LogP contribution in [0.15, 0.2) is 63.8 Å². The standard InChI is InChI=1S/C17H14O3/c1-12-6-8-14(9-7-12)19-11-13-10-17(18)20-16-5-3-2-4-15(13)16/h2-10H,11H2,1H3. The SMILES string of the molecule is Cc1ccc(OCc2cc(=O)oc3ccccc23)cc1. The summed E-state index contributed by atoms with van der Waals surface area (Å²) in [5, 5.41) is 0.902. The van der Waals surface area contributed by atoms with Crippen LogP contribution < -0.4 is 10.4 Å². The third-order valence-corrected chi connectivity index (χ3v) is 3.15. The van der Waals surface area contributed by atoms with Crippen molar-refractivity contribution >= 4 is 11.0 Å². The molecule has 2 aromatic carbocycles. The predicted octanol–water partition coefficient (Wildman–Crippen LogP) is 3.68. The summed E-state index contributed by atoms with van der Waals surface area (Å²) in [6.45, 7) is 2.37. The van der Waals surface area contributed by atoms with Crippen molar-refractivity contribution in [2.45, 2.75) is 13.5 Å². The zero-order chi connectivity index (χ0) is 13.9. The van der Waals surface area contributed by atoms with E-state index in [9.17, 15) is 4.79 Å². The van der Waals surface area contributed by atoms with E-state index in [2.05, 4.69) is 0 Å². The molecule has 20 heavy (non-hydrogen) atoms. The van der Waals surface area contributed by atoms with Gasteiger partial charge in [0.2, 0.25) is 0 Å². The first-order chi connectivity index (χ1) is 9.72. The molecule has 0 fully saturated rings. The molecule has 100 valence electrons. The van der Waals surface area contributed by atoms with Gasteiger partial charge in [0.1, 0.15) is 17.9 Å². The van der Waals surface area contributed by atoms with Gasteiger partial charge in [-0.15, -0.1) is 0 Å². The minimum absolute atomic E-state index is 0.342. The summed E-state index contributed by atoms with van der Waals surface area (Å²) in [7, 11) is 0. The molecule has 0 saturated carbocycles. The number of hydrogen-bond donors (Lipinski definition) is 0. The first-order valence-electron chi connectivity index (χ1n) is 6.43. The van der Waals surface area contributed by atoms with Gasteiger partial charge in [-0.25, -0.2) is 4.79 Å². The van der Waals surface area contributed by atoms with Crippen LogP contribution in [-0.2, 0) is 6.61 Å². The minimum Gasteiger partial charge on any atom is -0.489 e. The molecule has 0 aliphatic heterocycles. The fraction of sp³-hybridized carbons (Fsp3) is 0.118. The average molecular weight is 266 g/mol. The highest BCUT2D eigenvalue weighted by Crippen LogP contribution is 2.19. The van der Waals surface area contributed by atoms with E-state index in [4.69, 9.17) is 9.15 Å². The maximum Gasteiger partial charge on any atom is 0.336 e. The van der Waals surface area contributed by atoms with Crippen LogP contribution in [0.2, 0.25) is 0 Å². The van der Waals surface area contributed by atoms with Crippen molar-refractivity contribution in [2.24, 2.45) is 0 Å². The molecule has 3 nitrogen and oxygen atoms in total. The highest BCUT2D eigenvalue weighted by Gasteiger charge is 2.05. The van der Waals surface area contributed by atoms with Gasteiger partial charge in [-0.3, -0.25) is 0 Å². The second kappa shape index (κ2) is 5.21. The Hall–Kier alpha value is -2.55. The number of benzene rings is 2. The first-order valence-corrected chi connectivity index (χ1v) is 6.43. The number of rotatable bonds is 3. The van der Waals surface area contributed by atoms with Crippen LogP contribution in [0.4, 0.5) is 0 Å². The molecule has 3 aromatic rings. The molecule has 0 saturated heterocycles. The Morgan fingerprint density at radius 2 is 1.80 bits per heavy atom. The first kappa shape index (κ1) is 12.5. The van der Waals surface area contributed by atoms with Gasteiger partial charge in [-0.1, -0.05) is 35.9 Å². The molecule has 0 spiro atoms. The van der Waals surface area contributed by atoms with Gasteiger partial charge < -0.3 is 9.15 Å². The van der Waals surface area contributed by atoms with Crippen molar-refractivity contribution in [2.75, 3.05) is 0 Å². The largest absolute Gasteiger partial charge is 0.489 e. The van der Waals surface area contributed by atoms with E-state index in [-0.39, 0.29) is 5.63 Å². The summed E-state index contributed by atoms with van der Waals surface area (Å²) >= 11 is 0. The lowest BCUT2D eigenvalue weighted by Crippen LogP contribution is -2.03. The zero-order valence-electron chi connectivity index (χ0n) is 11.1. The monoisotopic (exact) mass is 266 g/mol. The van der Waals surface area contributed by atoms with Crippen LogP contribution in [0, 0.1) is 6.92 Å². The van der Waals surface area contributed by atoms with Crippen LogP contribution in [0.1, 0.15) is 11.1 Å². The molecule has 0 unspecified atom stereocenters. The fourth-order valence-electron chi connectivity index (χ4n) is 2.09. The van der Waals surface area contributed by atoms with Crippen molar-refractivity contribution in [3.05, 3.63) is 76.1 Å². The molecule has 0 atom stereocenters. The quantitative estimate of drug-likeness (QED) is 0.679. The number of para-hydroxylation sites is 1. The average Bonchev–Trinajstić information content (AvgIpc) is 2.46. The Balaban J connectivity index is 1.90. The van der Waals surface area contributed by atoms with E-state index in [1.807, 2.05) is 49.4 Å². The van der Waals surface area contributed by atoms with E-state index in [0.29, 0.717) is 12.2 Å².